The molecule has 1 fully saturated rings. The van der Waals surface area contributed by atoms with E-state index in [1.54, 1.807) is 12.1 Å². The van der Waals surface area contributed by atoms with E-state index in [0.29, 0.717) is 9.75 Å². The van der Waals surface area contributed by atoms with E-state index in [9.17, 15) is 9.59 Å². The lowest BCUT2D eigenvalue weighted by atomic mass is 10.2. The van der Waals surface area contributed by atoms with E-state index in [1.165, 1.54) is 49.6 Å². The molecule has 0 radical (unpaired) electrons. The summed E-state index contributed by atoms with van der Waals surface area (Å²) >= 11 is 1.23. The number of nitrogens with one attached hydrogen (secondary N) is 1. The number of hydrogen-bond acceptors (Lipinski definition) is 4. The maximum absolute atomic E-state index is 12.3. The van der Waals surface area contributed by atoms with Crippen LogP contribution < -0.4 is 10.2 Å². The van der Waals surface area contributed by atoms with Gasteiger partial charge in [0.2, 0.25) is 0 Å². The number of thiophene rings is 1. The van der Waals surface area contributed by atoms with Crippen molar-refractivity contribution in [1.29, 1.82) is 0 Å². The number of Topliss-reactive ketones (excluding diaryl/α,β-unsaturated/α-hetero) is 1. The molecule has 0 unspecified atom stereocenters. The van der Waals surface area contributed by atoms with Crippen LogP contribution in [0.3, 0.4) is 0 Å². The highest BCUT2D eigenvalue weighted by atomic mass is 32.1. The monoisotopic (exact) mass is 342 g/mol. The molecule has 1 aliphatic rings. The Morgan fingerprint density at radius 3 is 2.12 bits per heavy atom. The minimum Gasteiger partial charge on any atom is -0.372 e. The lowest BCUT2D eigenvalue weighted by molar-refractivity contribution is 0.101. The van der Waals surface area contributed by atoms with Crippen LogP contribution in [0, 0.1) is 0 Å². The van der Waals surface area contributed by atoms with E-state index in [-0.39, 0.29) is 11.7 Å². The zero-order valence-corrected chi connectivity index (χ0v) is 14.7. The molecule has 5 heteroatoms. The zero-order valence-electron chi connectivity index (χ0n) is 13.9. The first-order valence-electron chi connectivity index (χ1n) is 8.40. The summed E-state index contributed by atoms with van der Waals surface area (Å²) in [6, 6.07) is 11.4. The van der Waals surface area contributed by atoms with Crippen LogP contribution in [0.4, 0.5) is 11.4 Å². The molecule has 24 heavy (non-hydrogen) atoms. The maximum atomic E-state index is 12.3. The summed E-state index contributed by atoms with van der Waals surface area (Å²) in [6.45, 7) is 3.72. The summed E-state index contributed by atoms with van der Waals surface area (Å²) < 4.78 is 0. The van der Waals surface area contributed by atoms with Crippen molar-refractivity contribution in [2.45, 2.75) is 32.6 Å². The van der Waals surface area contributed by atoms with Gasteiger partial charge in [-0.3, -0.25) is 9.59 Å². The Morgan fingerprint density at radius 2 is 1.54 bits per heavy atom. The Balaban J connectivity index is 1.64. The molecule has 0 spiro atoms. The fraction of sp³-hybridized carbons (Fsp3) is 0.368. The Kier molecular flexibility index (Phi) is 5.30. The van der Waals surface area contributed by atoms with Crippen molar-refractivity contribution in [2.24, 2.45) is 0 Å². The number of nitrogens with zero attached hydrogens (tertiary/aromatic N) is 1. The molecule has 0 aliphatic carbocycles. The predicted molar refractivity (Wildman–Crippen MR) is 99.4 cm³/mol. The summed E-state index contributed by atoms with van der Waals surface area (Å²) in [5.41, 5.74) is 1.99. The van der Waals surface area contributed by atoms with Crippen LogP contribution in [0.25, 0.3) is 0 Å². The molecule has 1 aromatic heterocycles. The number of rotatable bonds is 4. The number of amides is 1. The first-order valence-corrected chi connectivity index (χ1v) is 9.22. The summed E-state index contributed by atoms with van der Waals surface area (Å²) in [4.78, 5) is 27.2. The molecule has 0 atom stereocenters. The molecule has 2 aromatic rings. The van der Waals surface area contributed by atoms with E-state index in [0.717, 1.165) is 18.8 Å². The van der Waals surface area contributed by atoms with Gasteiger partial charge in [-0.05, 0) is 56.2 Å². The highest BCUT2D eigenvalue weighted by Crippen LogP contribution is 2.23. The molecule has 0 bridgehead atoms. The van der Waals surface area contributed by atoms with Crippen LogP contribution in [0.1, 0.15) is 52.0 Å². The Bertz CT molecular complexity index is 713. The normalized spacial score (nSPS) is 15.0. The molecule has 1 aliphatic heterocycles. The van der Waals surface area contributed by atoms with Crippen molar-refractivity contribution in [2.75, 3.05) is 23.3 Å². The third-order valence-electron chi connectivity index (χ3n) is 4.27. The van der Waals surface area contributed by atoms with Gasteiger partial charge in [-0.1, -0.05) is 12.8 Å². The first kappa shape index (κ1) is 16.7. The second-order valence-electron chi connectivity index (χ2n) is 6.12. The number of hydrogen-bond donors (Lipinski definition) is 1. The van der Waals surface area contributed by atoms with Crippen molar-refractivity contribution in [3.8, 4) is 0 Å². The summed E-state index contributed by atoms with van der Waals surface area (Å²) in [6.07, 6.45) is 5.12. The number of benzene rings is 1. The van der Waals surface area contributed by atoms with Crippen LogP contribution in [0.15, 0.2) is 36.4 Å². The van der Waals surface area contributed by atoms with Gasteiger partial charge in [-0.2, -0.15) is 0 Å². The molecule has 1 aromatic carbocycles. The molecule has 0 saturated carbocycles. The van der Waals surface area contributed by atoms with Crippen LogP contribution >= 0.6 is 11.3 Å². The molecular formula is C19H22N2O2S. The van der Waals surface area contributed by atoms with E-state index in [4.69, 9.17) is 0 Å². The Hall–Kier alpha value is -2.14. The lowest BCUT2D eigenvalue weighted by Gasteiger charge is -2.22. The van der Waals surface area contributed by atoms with Crippen molar-refractivity contribution < 1.29 is 9.59 Å². The fourth-order valence-corrected chi connectivity index (χ4v) is 3.72. The summed E-state index contributed by atoms with van der Waals surface area (Å²) in [7, 11) is 0. The van der Waals surface area contributed by atoms with Gasteiger partial charge in [0.05, 0.1) is 9.75 Å². The molecule has 3 rings (SSSR count). The van der Waals surface area contributed by atoms with Crippen LogP contribution in [-0.4, -0.2) is 24.8 Å². The standard InChI is InChI=1S/C19H22N2O2S/c1-14(22)17-10-11-18(24-17)19(23)20-15-6-8-16(9-7-15)21-12-4-2-3-5-13-21/h6-11H,2-5,12-13H2,1H3,(H,20,23). The first-order chi connectivity index (χ1) is 11.6. The van der Waals surface area contributed by atoms with Gasteiger partial charge in [0.1, 0.15) is 0 Å². The van der Waals surface area contributed by atoms with Gasteiger partial charge in [-0.15, -0.1) is 11.3 Å². The number of anilines is 2. The largest absolute Gasteiger partial charge is 0.372 e. The second-order valence-corrected chi connectivity index (χ2v) is 7.21. The third kappa shape index (κ3) is 4.03. The SMILES string of the molecule is CC(=O)c1ccc(C(=O)Nc2ccc(N3CCCCCC3)cc2)s1. The van der Waals surface area contributed by atoms with E-state index >= 15 is 0 Å². The molecule has 2 heterocycles. The average Bonchev–Trinajstić information content (AvgIpc) is 2.93. The molecule has 1 N–H and O–H groups in total. The topological polar surface area (TPSA) is 49.4 Å². The van der Waals surface area contributed by atoms with E-state index < -0.39 is 0 Å². The van der Waals surface area contributed by atoms with Crippen molar-refractivity contribution in [1.82, 2.24) is 0 Å². The number of carbonyl (C=O) groups excluding carboxylic acids is 2. The fourth-order valence-electron chi connectivity index (χ4n) is 2.93. The molecule has 4 nitrogen and oxygen atoms in total. The van der Waals surface area contributed by atoms with Gasteiger partial charge in [0.15, 0.2) is 5.78 Å². The summed E-state index contributed by atoms with van der Waals surface area (Å²) in [5, 5.41) is 2.89. The van der Waals surface area contributed by atoms with Gasteiger partial charge in [0.25, 0.3) is 5.91 Å². The number of carbonyl (C=O) groups is 2. The van der Waals surface area contributed by atoms with Gasteiger partial charge in [-0.25, -0.2) is 0 Å². The molecule has 1 saturated heterocycles. The Labute approximate surface area is 146 Å². The van der Waals surface area contributed by atoms with Crippen LogP contribution in [-0.2, 0) is 0 Å². The van der Waals surface area contributed by atoms with E-state index in [1.807, 2.05) is 12.1 Å². The third-order valence-corrected chi connectivity index (χ3v) is 5.46. The van der Waals surface area contributed by atoms with Crippen LogP contribution in [0.2, 0.25) is 0 Å². The van der Waals surface area contributed by atoms with Crippen LogP contribution in [0.5, 0.6) is 0 Å². The minimum absolute atomic E-state index is 0.0131. The average molecular weight is 342 g/mol. The van der Waals surface area contributed by atoms with Crippen molar-refractivity contribution in [3.05, 3.63) is 46.2 Å². The van der Waals surface area contributed by atoms with Gasteiger partial charge < -0.3 is 10.2 Å². The highest BCUT2D eigenvalue weighted by Gasteiger charge is 2.13. The lowest BCUT2D eigenvalue weighted by Crippen LogP contribution is -2.23. The zero-order chi connectivity index (χ0) is 16.9. The minimum atomic E-state index is -0.171. The quantitative estimate of drug-likeness (QED) is 0.827. The number of ketones is 1. The summed E-state index contributed by atoms with van der Waals surface area (Å²) in [5.74, 6) is -0.184. The molecule has 1 amide bonds. The molecular weight excluding hydrogens is 320 g/mol. The van der Waals surface area contributed by atoms with Gasteiger partial charge >= 0.3 is 0 Å². The second kappa shape index (κ2) is 7.62. The molecule has 126 valence electrons. The van der Waals surface area contributed by atoms with Crippen molar-refractivity contribution >= 4 is 34.4 Å². The smallest absolute Gasteiger partial charge is 0.265 e. The maximum Gasteiger partial charge on any atom is 0.265 e. The predicted octanol–water partition coefficient (Wildman–Crippen LogP) is 4.58. The van der Waals surface area contributed by atoms with Crippen molar-refractivity contribution in [3.63, 3.8) is 0 Å². The van der Waals surface area contributed by atoms with Gasteiger partial charge in [0, 0.05) is 24.5 Å². The highest BCUT2D eigenvalue weighted by molar-refractivity contribution is 7.16. The van der Waals surface area contributed by atoms with E-state index in [2.05, 4.69) is 22.3 Å². The Morgan fingerprint density at radius 1 is 0.917 bits per heavy atom.